The fourth-order valence-electron chi connectivity index (χ4n) is 4.70. The minimum absolute atomic E-state index is 0.0542. The Bertz CT molecular complexity index is 1200. The van der Waals surface area contributed by atoms with Crippen molar-refractivity contribution in [1.82, 2.24) is 0 Å². The topological polar surface area (TPSA) is 95.8 Å². The van der Waals surface area contributed by atoms with E-state index in [1.165, 1.54) is 12.1 Å². The lowest BCUT2D eigenvalue weighted by atomic mass is 9.87. The van der Waals surface area contributed by atoms with Crippen molar-refractivity contribution in [2.75, 3.05) is 5.32 Å². The predicted octanol–water partition coefficient (Wildman–Crippen LogP) is 4.80. The molecule has 2 aliphatic carbocycles. The van der Waals surface area contributed by atoms with Crippen molar-refractivity contribution in [1.29, 1.82) is 0 Å². The molecule has 2 saturated carbocycles. The van der Waals surface area contributed by atoms with E-state index in [0.717, 1.165) is 6.07 Å². The van der Waals surface area contributed by atoms with Crippen molar-refractivity contribution in [3.05, 3.63) is 58.4 Å². The van der Waals surface area contributed by atoms with Gasteiger partial charge in [-0.3, -0.25) is 4.79 Å². The highest BCUT2D eigenvalue weighted by Gasteiger charge is 2.49. The maximum atomic E-state index is 13.5. The van der Waals surface area contributed by atoms with E-state index in [2.05, 4.69) is 10.5 Å². The highest BCUT2D eigenvalue weighted by Crippen LogP contribution is 2.47. The van der Waals surface area contributed by atoms with E-state index in [1.54, 1.807) is 0 Å². The normalized spacial score (nSPS) is 24.0. The average molecular weight is 487 g/mol. The molecular formula is C21H18ClF3N2O4S. The lowest BCUT2D eigenvalue weighted by Gasteiger charge is -2.30. The number of carbonyl (C=O) groups excluding carboxylic acids is 1. The molecule has 170 valence electrons. The molecule has 0 aromatic heterocycles. The van der Waals surface area contributed by atoms with Crippen molar-refractivity contribution >= 4 is 38.7 Å². The molecule has 11 heteroatoms. The van der Waals surface area contributed by atoms with Crippen molar-refractivity contribution in [2.24, 2.45) is 17.0 Å². The Morgan fingerprint density at radius 1 is 1.06 bits per heavy atom. The van der Waals surface area contributed by atoms with Crippen molar-refractivity contribution in [3.63, 3.8) is 0 Å². The summed E-state index contributed by atoms with van der Waals surface area (Å²) in [4.78, 5) is 12.4. The number of halogens is 4. The quantitative estimate of drug-likeness (QED) is 0.368. The molecule has 1 amide bonds. The van der Waals surface area contributed by atoms with Crippen LogP contribution in [0.3, 0.4) is 0 Å². The van der Waals surface area contributed by atoms with Gasteiger partial charge >= 0.3 is 0 Å². The number of nitrogens with one attached hydrogen (secondary N) is 1. The van der Waals surface area contributed by atoms with Crippen LogP contribution in [0.25, 0.3) is 0 Å². The number of anilines is 1. The smallest absolute Gasteiger partial charge is 0.255 e. The zero-order chi connectivity index (χ0) is 23.2. The van der Waals surface area contributed by atoms with Crippen LogP contribution >= 0.6 is 11.6 Å². The highest BCUT2D eigenvalue weighted by molar-refractivity contribution is 7.92. The second-order valence-electron chi connectivity index (χ2n) is 8.03. The molecule has 0 heterocycles. The van der Waals surface area contributed by atoms with Crippen LogP contribution in [0, 0.1) is 29.3 Å². The Labute approximate surface area is 187 Å². The second-order valence-corrected chi connectivity index (χ2v) is 10.5. The number of hydrogen-bond acceptors (Lipinski definition) is 5. The summed E-state index contributed by atoms with van der Waals surface area (Å²) >= 11 is 6.18. The van der Waals surface area contributed by atoms with Crippen LogP contribution < -0.4 is 5.32 Å². The maximum absolute atomic E-state index is 13.5. The van der Waals surface area contributed by atoms with Crippen molar-refractivity contribution in [3.8, 4) is 0 Å². The molecule has 0 aliphatic heterocycles. The molecule has 2 aromatic carbocycles. The van der Waals surface area contributed by atoms with E-state index in [1.807, 2.05) is 0 Å². The number of benzene rings is 2. The summed E-state index contributed by atoms with van der Waals surface area (Å²) in [6.45, 7) is 0. The lowest BCUT2D eigenvalue weighted by molar-refractivity contribution is 0.102. The molecule has 3 atom stereocenters. The molecule has 2 bridgehead atoms. The van der Waals surface area contributed by atoms with Crippen molar-refractivity contribution in [2.45, 2.75) is 35.8 Å². The van der Waals surface area contributed by atoms with Crippen LogP contribution in [0.4, 0.5) is 18.9 Å². The summed E-state index contributed by atoms with van der Waals surface area (Å²) in [5, 5.41) is 13.8. The number of amides is 1. The van der Waals surface area contributed by atoms with Gasteiger partial charge in [0.25, 0.3) is 5.91 Å². The molecule has 6 nitrogen and oxygen atoms in total. The number of fused-ring (bicyclic) bond motifs is 2. The molecule has 0 saturated heterocycles. The molecule has 2 unspecified atom stereocenters. The number of rotatable bonds is 4. The lowest BCUT2D eigenvalue weighted by Crippen LogP contribution is -2.37. The monoisotopic (exact) mass is 486 g/mol. The Hall–Kier alpha value is -2.59. The molecular weight excluding hydrogens is 469 g/mol. The van der Waals surface area contributed by atoms with Gasteiger partial charge < -0.3 is 10.5 Å². The molecule has 2 N–H and O–H groups in total. The molecule has 2 fully saturated rings. The van der Waals surface area contributed by atoms with E-state index < -0.39 is 38.4 Å². The SMILES string of the molecule is O=C(Nc1cc(F)c(F)c(F)c1)c1ccc(Cl)c(S(=O)(=O)C2C3CC[C@H]2CC(=NO)C3)c1. The summed E-state index contributed by atoms with van der Waals surface area (Å²) in [7, 11) is -3.93. The number of oxime groups is 1. The van der Waals surface area contributed by atoms with Crippen LogP contribution in [-0.2, 0) is 9.84 Å². The van der Waals surface area contributed by atoms with Gasteiger partial charge in [-0.15, -0.1) is 0 Å². The van der Waals surface area contributed by atoms with Crippen LogP contribution in [0.2, 0.25) is 5.02 Å². The summed E-state index contributed by atoms with van der Waals surface area (Å²) in [6, 6.07) is 4.89. The molecule has 0 radical (unpaired) electrons. The standard InChI is InChI=1S/C21H18ClF3N2O4S/c22-15-4-3-12(21(28)26-13-8-16(23)19(25)17(24)9-13)7-18(15)32(30,31)20-10-1-2-11(20)6-14(5-10)27-29/h3-4,7-11,20,29H,1-2,5-6H2,(H,26,28)/t10-,11?,20?/m0/s1. The average Bonchev–Trinajstić information content (AvgIpc) is 3.03. The summed E-state index contributed by atoms with van der Waals surface area (Å²) < 4.78 is 66.9. The predicted molar refractivity (Wildman–Crippen MR) is 111 cm³/mol. The van der Waals surface area contributed by atoms with Crippen LogP contribution in [0.1, 0.15) is 36.0 Å². The Balaban J connectivity index is 1.64. The molecule has 2 aliphatic rings. The van der Waals surface area contributed by atoms with Gasteiger partial charge in [0.2, 0.25) is 0 Å². The van der Waals surface area contributed by atoms with Gasteiger partial charge in [-0.05, 0) is 55.7 Å². The zero-order valence-corrected chi connectivity index (χ0v) is 18.1. The van der Waals surface area contributed by atoms with E-state index in [0.29, 0.717) is 43.5 Å². The number of sulfone groups is 1. The third-order valence-electron chi connectivity index (χ3n) is 6.07. The second kappa shape index (κ2) is 8.40. The number of nitrogens with zero attached hydrogens (tertiary/aromatic N) is 1. The Morgan fingerprint density at radius 2 is 1.66 bits per heavy atom. The minimum atomic E-state index is -3.93. The molecule has 32 heavy (non-hydrogen) atoms. The van der Waals surface area contributed by atoms with Crippen LogP contribution in [0.5, 0.6) is 0 Å². The van der Waals surface area contributed by atoms with E-state index in [-0.39, 0.29) is 33.0 Å². The number of hydrogen-bond donors (Lipinski definition) is 2. The summed E-state index contributed by atoms with van der Waals surface area (Å²) in [5.41, 5.74) is 0.146. The maximum Gasteiger partial charge on any atom is 0.255 e. The van der Waals surface area contributed by atoms with Gasteiger partial charge in [0, 0.05) is 23.4 Å². The molecule has 4 rings (SSSR count). The first kappa shape index (κ1) is 22.6. The minimum Gasteiger partial charge on any atom is -0.411 e. The van der Waals surface area contributed by atoms with Gasteiger partial charge in [0.05, 0.1) is 20.9 Å². The zero-order valence-electron chi connectivity index (χ0n) is 16.5. The van der Waals surface area contributed by atoms with Gasteiger partial charge in [-0.1, -0.05) is 16.8 Å². The van der Waals surface area contributed by atoms with E-state index >= 15 is 0 Å². The fraction of sp³-hybridized carbons (Fsp3) is 0.333. The molecule has 0 spiro atoms. The van der Waals surface area contributed by atoms with E-state index in [9.17, 15) is 26.4 Å². The molecule has 2 aromatic rings. The van der Waals surface area contributed by atoms with Crippen molar-refractivity contribution < 1.29 is 31.6 Å². The largest absolute Gasteiger partial charge is 0.411 e. The third kappa shape index (κ3) is 3.97. The Kier molecular flexibility index (Phi) is 5.93. The number of carbonyl (C=O) groups is 1. The fourth-order valence-corrected chi connectivity index (χ4v) is 7.54. The van der Waals surface area contributed by atoms with Gasteiger partial charge in [-0.25, -0.2) is 21.6 Å². The highest BCUT2D eigenvalue weighted by atomic mass is 35.5. The summed E-state index contributed by atoms with van der Waals surface area (Å²) in [6.07, 6.45) is 2.09. The van der Waals surface area contributed by atoms with Gasteiger partial charge in [-0.2, -0.15) is 0 Å². The van der Waals surface area contributed by atoms with Crippen LogP contribution in [-0.4, -0.2) is 30.5 Å². The Morgan fingerprint density at radius 3 is 2.22 bits per heavy atom. The van der Waals surface area contributed by atoms with Crippen LogP contribution in [0.15, 0.2) is 40.4 Å². The first-order chi connectivity index (χ1) is 15.1. The van der Waals surface area contributed by atoms with Gasteiger partial charge in [0.1, 0.15) is 0 Å². The van der Waals surface area contributed by atoms with Gasteiger partial charge in [0.15, 0.2) is 27.3 Å². The van der Waals surface area contributed by atoms with E-state index in [4.69, 9.17) is 16.8 Å². The first-order valence-corrected chi connectivity index (χ1v) is 11.7. The first-order valence-electron chi connectivity index (χ1n) is 9.81. The third-order valence-corrected chi connectivity index (χ3v) is 8.95. The summed E-state index contributed by atoms with van der Waals surface area (Å²) in [5.74, 6) is -5.90.